The zero-order valence-corrected chi connectivity index (χ0v) is 12.5. The number of sulfonamides is 1. The molecule has 1 aliphatic heterocycles. The third-order valence-corrected chi connectivity index (χ3v) is 6.18. The predicted octanol–water partition coefficient (Wildman–Crippen LogP) is 0.774. The van der Waals surface area contributed by atoms with Crippen LogP contribution in [0.2, 0.25) is 0 Å². The normalized spacial score (nSPS) is 20.6. The van der Waals surface area contributed by atoms with Crippen molar-refractivity contribution in [3.05, 3.63) is 11.4 Å². The van der Waals surface area contributed by atoms with E-state index in [4.69, 9.17) is 5.11 Å². The molecule has 1 aliphatic rings. The average Bonchev–Trinajstić information content (AvgIpc) is 2.80. The van der Waals surface area contributed by atoms with E-state index in [0.717, 1.165) is 18.6 Å². The van der Waals surface area contributed by atoms with Crippen molar-refractivity contribution in [3.8, 4) is 0 Å². The number of aromatic nitrogens is 2. The van der Waals surface area contributed by atoms with Crippen LogP contribution in [0.25, 0.3) is 0 Å². The first-order valence-electron chi connectivity index (χ1n) is 6.30. The molecule has 0 radical (unpaired) electrons. The SMILES string of the molecule is Cc1[nH]nc(CO)c1S(=O)(=O)NCC1CCCCS1. The molecule has 0 spiro atoms. The van der Waals surface area contributed by atoms with Gasteiger partial charge in [0, 0.05) is 11.8 Å². The highest BCUT2D eigenvalue weighted by Crippen LogP contribution is 2.25. The van der Waals surface area contributed by atoms with Gasteiger partial charge in [-0.1, -0.05) is 6.42 Å². The Bertz CT molecular complexity index is 521. The molecule has 1 atom stereocenters. The maximum atomic E-state index is 12.2. The van der Waals surface area contributed by atoms with Crippen LogP contribution in [-0.2, 0) is 16.6 Å². The first-order valence-corrected chi connectivity index (χ1v) is 8.83. The largest absolute Gasteiger partial charge is 0.390 e. The first kappa shape index (κ1) is 14.8. The topological polar surface area (TPSA) is 95.1 Å². The fraction of sp³-hybridized carbons (Fsp3) is 0.727. The monoisotopic (exact) mass is 305 g/mol. The maximum absolute atomic E-state index is 12.2. The van der Waals surface area contributed by atoms with E-state index in [1.54, 1.807) is 6.92 Å². The molecule has 0 aliphatic carbocycles. The molecular formula is C11H19N3O3S2. The quantitative estimate of drug-likeness (QED) is 0.747. The summed E-state index contributed by atoms with van der Waals surface area (Å²) in [7, 11) is -3.61. The van der Waals surface area contributed by atoms with Gasteiger partial charge in [0.2, 0.25) is 10.0 Å². The van der Waals surface area contributed by atoms with Crippen molar-refractivity contribution in [2.45, 2.75) is 42.9 Å². The summed E-state index contributed by atoms with van der Waals surface area (Å²) >= 11 is 1.82. The van der Waals surface area contributed by atoms with Crippen molar-refractivity contribution in [1.29, 1.82) is 0 Å². The van der Waals surface area contributed by atoms with Crippen LogP contribution < -0.4 is 4.72 Å². The molecule has 1 fully saturated rings. The molecule has 6 nitrogen and oxygen atoms in total. The summed E-state index contributed by atoms with van der Waals surface area (Å²) in [5.74, 6) is 1.10. The van der Waals surface area contributed by atoms with Gasteiger partial charge in [-0.15, -0.1) is 0 Å². The zero-order chi connectivity index (χ0) is 13.9. The van der Waals surface area contributed by atoms with Crippen LogP contribution in [0.15, 0.2) is 4.90 Å². The van der Waals surface area contributed by atoms with E-state index in [1.165, 1.54) is 6.42 Å². The van der Waals surface area contributed by atoms with Gasteiger partial charge in [-0.25, -0.2) is 13.1 Å². The van der Waals surface area contributed by atoms with Crippen molar-refractivity contribution in [3.63, 3.8) is 0 Å². The van der Waals surface area contributed by atoms with Crippen LogP contribution in [0.3, 0.4) is 0 Å². The summed E-state index contributed by atoms with van der Waals surface area (Å²) in [6.45, 7) is 1.68. The molecule has 1 saturated heterocycles. The lowest BCUT2D eigenvalue weighted by Crippen LogP contribution is -2.32. The minimum absolute atomic E-state index is 0.0795. The minimum Gasteiger partial charge on any atom is -0.390 e. The summed E-state index contributed by atoms with van der Waals surface area (Å²) in [5, 5.41) is 15.9. The van der Waals surface area contributed by atoms with Crippen LogP contribution in [0.5, 0.6) is 0 Å². The minimum atomic E-state index is -3.61. The second kappa shape index (κ2) is 6.25. The number of nitrogens with one attached hydrogen (secondary N) is 2. The van der Waals surface area contributed by atoms with E-state index >= 15 is 0 Å². The highest BCUT2D eigenvalue weighted by atomic mass is 32.2. The van der Waals surface area contributed by atoms with Crippen LogP contribution in [-0.4, -0.2) is 41.3 Å². The molecule has 0 amide bonds. The zero-order valence-electron chi connectivity index (χ0n) is 10.8. The lowest BCUT2D eigenvalue weighted by Gasteiger charge is -2.21. The Morgan fingerprint density at radius 3 is 2.95 bits per heavy atom. The lowest BCUT2D eigenvalue weighted by molar-refractivity contribution is 0.273. The molecule has 19 heavy (non-hydrogen) atoms. The van der Waals surface area contributed by atoms with Gasteiger partial charge >= 0.3 is 0 Å². The molecule has 3 N–H and O–H groups in total. The Morgan fingerprint density at radius 2 is 2.32 bits per heavy atom. The summed E-state index contributed by atoms with van der Waals surface area (Å²) in [4.78, 5) is 0.0795. The molecule has 1 aromatic rings. The Hall–Kier alpha value is -0.570. The molecule has 8 heteroatoms. The van der Waals surface area contributed by atoms with Crippen molar-refractivity contribution in [2.75, 3.05) is 12.3 Å². The highest BCUT2D eigenvalue weighted by Gasteiger charge is 2.25. The van der Waals surface area contributed by atoms with E-state index in [9.17, 15) is 8.42 Å². The molecule has 0 saturated carbocycles. The summed E-state index contributed by atoms with van der Waals surface area (Å²) in [6.07, 6.45) is 3.42. The number of H-pyrrole nitrogens is 1. The number of hydrogen-bond acceptors (Lipinski definition) is 5. The van der Waals surface area contributed by atoms with Gasteiger partial charge in [-0.2, -0.15) is 16.9 Å². The standard InChI is InChI=1S/C11H19N3O3S2/c1-8-11(10(7-15)14-13-8)19(16,17)12-6-9-4-2-3-5-18-9/h9,12,15H,2-7H2,1H3,(H,13,14). The summed E-state index contributed by atoms with van der Waals surface area (Å²) in [6, 6.07) is 0. The van der Waals surface area contributed by atoms with E-state index < -0.39 is 16.6 Å². The van der Waals surface area contributed by atoms with Crippen LogP contribution >= 0.6 is 11.8 Å². The Kier molecular flexibility index (Phi) is 4.88. The van der Waals surface area contributed by atoms with E-state index in [1.807, 2.05) is 11.8 Å². The van der Waals surface area contributed by atoms with Gasteiger partial charge in [0.15, 0.2) is 0 Å². The summed E-state index contributed by atoms with van der Waals surface area (Å²) in [5.41, 5.74) is 0.620. The second-order valence-electron chi connectivity index (χ2n) is 4.62. The van der Waals surface area contributed by atoms with Crippen LogP contribution in [0.1, 0.15) is 30.7 Å². The van der Waals surface area contributed by atoms with Gasteiger partial charge in [0.05, 0.1) is 12.3 Å². The maximum Gasteiger partial charge on any atom is 0.244 e. The molecule has 0 bridgehead atoms. The number of thioether (sulfide) groups is 1. The number of nitrogens with zero attached hydrogens (tertiary/aromatic N) is 1. The smallest absolute Gasteiger partial charge is 0.244 e. The van der Waals surface area contributed by atoms with Crippen molar-refractivity contribution < 1.29 is 13.5 Å². The Morgan fingerprint density at radius 1 is 1.53 bits per heavy atom. The molecule has 108 valence electrons. The number of aliphatic hydroxyl groups is 1. The third kappa shape index (κ3) is 3.50. The second-order valence-corrected chi connectivity index (χ2v) is 7.74. The van der Waals surface area contributed by atoms with Crippen molar-refractivity contribution in [2.24, 2.45) is 0 Å². The van der Waals surface area contributed by atoms with E-state index in [-0.39, 0.29) is 10.6 Å². The molecule has 2 rings (SSSR count). The van der Waals surface area contributed by atoms with Crippen molar-refractivity contribution >= 4 is 21.8 Å². The summed E-state index contributed by atoms with van der Waals surface area (Å²) < 4.78 is 27.1. The number of aromatic amines is 1. The van der Waals surface area contributed by atoms with Crippen LogP contribution in [0, 0.1) is 6.92 Å². The number of hydrogen-bond donors (Lipinski definition) is 3. The molecule has 1 unspecified atom stereocenters. The molecule has 0 aromatic carbocycles. The van der Waals surface area contributed by atoms with Crippen LogP contribution in [0.4, 0.5) is 0 Å². The number of aliphatic hydroxyl groups excluding tert-OH is 1. The molecule has 2 heterocycles. The fourth-order valence-electron chi connectivity index (χ4n) is 2.18. The van der Waals surface area contributed by atoms with Gasteiger partial charge < -0.3 is 5.11 Å². The molecular weight excluding hydrogens is 286 g/mol. The van der Waals surface area contributed by atoms with Crippen molar-refractivity contribution in [1.82, 2.24) is 14.9 Å². The highest BCUT2D eigenvalue weighted by molar-refractivity contribution is 8.00. The van der Waals surface area contributed by atoms with Gasteiger partial charge in [0.1, 0.15) is 10.6 Å². The third-order valence-electron chi connectivity index (χ3n) is 3.15. The lowest BCUT2D eigenvalue weighted by atomic mass is 10.2. The van der Waals surface area contributed by atoms with Gasteiger partial charge in [-0.3, -0.25) is 5.10 Å². The van der Waals surface area contributed by atoms with Gasteiger partial charge in [0.25, 0.3) is 0 Å². The Balaban J connectivity index is 2.07. The van der Waals surface area contributed by atoms with E-state index in [0.29, 0.717) is 17.5 Å². The van der Waals surface area contributed by atoms with Gasteiger partial charge in [-0.05, 0) is 25.5 Å². The fourth-order valence-corrected chi connectivity index (χ4v) is 4.95. The molecule has 1 aromatic heterocycles. The predicted molar refractivity (Wildman–Crippen MR) is 74.5 cm³/mol. The Labute approximate surface area is 117 Å². The number of rotatable bonds is 5. The number of aryl methyl sites for hydroxylation is 1. The van der Waals surface area contributed by atoms with E-state index in [2.05, 4.69) is 14.9 Å². The average molecular weight is 305 g/mol. The first-order chi connectivity index (χ1) is 9.04.